The number of aromatic nitrogens is 2. The van der Waals surface area contributed by atoms with E-state index in [2.05, 4.69) is 25.7 Å². The normalized spacial score (nSPS) is 29.3. The fourth-order valence-corrected chi connectivity index (χ4v) is 3.84. The molecule has 136 valence electrons. The van der Waals surface area contributed by atoms with E-state index in [9.17, 15) is 9.59 Å². The van der Waals surface area contributed by atoms with Crippen molar-refractivity contribution in [3.8, 4) is 0 Å². The Morgan fingerprint density at radius 2 is 2.24 bits per heavy atom. The van der Waals surface area contributed by atoms with E-state index >= 15 is 0 Å². The van der Waals surface area contributed by atoms with Gasteiger partial charge >= 0.3 is 0 Å². The van der Waals surface area contributed by atoms with E-state index in [-0.39, 0.29) is 29.9 Å². The van der Waals surface area contributed by atoms with Crippen LogP contribution >= 0.6 is 0 Å². The van der Waals surface area contributed by atoms with E-state index in [1.165, 1.54) is 0 Å². The third-order valence-electron chi connectivity index (χ3n) is 5.28. The number of rotatable bonds is 6. The molecular weight excluding hydrogens is 322 g/mol. The van der Waals surface area contributed by atoms with Crippen molar-refractivity contribution in [1.82, 2.24) is 25.7 Å². The first-order chi connectivity index (χ1) is 12.1. The summed E-state index contributed by atoms with van der Waals surface area (Å²) in [4.78, 5) is 26.3. The van der Waals surface area contributed by atoms with Gasteiger partial charge in [0.25, 0.3) is 0 Å². The molecule has 0 bridgehead atoms. The molecular formula is C17H25N5O3. The third-order valence-corrected chi connectivity index (χ3v) is 5.28. The van der Waals surface area contributed by atoms with Crippen LogP contribution in [0.2, 0.25) is 0 Å². The fraction of sp³-hybridized carbons (Fsp3) is 0.765. The van der Waals surface area contributed by atoms with Crippen LogP contribution in [0.3, 0.4) is 0 Å². The molecule has 0 aromatic carbocycles. The highest BCUT2D eigenvalue weighted by Gasteiger charge is 2.44. The number of hydrogen-bond acceptors (Lipinski definition) is 6. The first kappa shape index (κ1) is 16.5. The number of piperazine rings is 1. The first-order valence-electron chi connectivity index (χ1n) is 9.29. The summed E-state index contributed by atoms with van der Waals surface area (Å²) in [6.07, 6.45) is 4.92. The highest BCUT2D eigenvalue weighted by atomic mass is 16.4. The van der Waals surface area contributed by atoms with Gasteiger partial charge in [-0.25, -0.2) is 0 Å². The van der Waals surface area contributed by atoms with Gasteiger partial charge in [0.1, 0.15) is 0 Å². The molecule has 2 N–H and O–H groups in total. The minimum absolute atomic E-state index is 0.0279. The molecule has 2 aliphatic heterocycles. The highest BCUT2D eigenvalue weighted by molar-refractivity contribution is 5.83. The lowest BCUT2D eigenvalue weighted by Crippen LogP contribution is -2.58. The Labute approximate surface area is 146 Å². The molecule has 0 radical (unpaired) electrons. The van der Waals surface area contributed by atoms with Crippen LogP contribution in [-0.2, 0) is 16.0 Å². The zero-order valence-corrected chi connectivity index (χ0v) is 14.5. The molecule has 4 rings (SSSR count). The predicted octanol–water partition coefficient (Wildman–Crippen LogP) is 0.347. The van der Waals surface area contributed by atoms with Crippen molar-refractivity contribution >= 4 is 11.8 Å². The average molecular weight is 347 g/mol. The molecule has 3 atom stereocenters. The van der Waals surface area contributed by atoms with Crippen LogP contribution in [0.4, 0.5) is 0 Å². The summed E-state index contributed by atoms with van der Waals surface area (Å²) >= 11 is 0. The van der Waals surface area contributed by atoms with Gasteiger partial charge in [-0.2, -0.15) is 0 Å². The van der Waals surface area contributed by atoms with Crippen LogP contribution in [0, 0.1) is 0 Å². The number of amides is 2. The molecule has 2 saturated heterocycles. The van der Waals surface area contributed by atoms with Gasteiger partial charge in [-0.05, 0) is 25.7 Å². The van der Waals surface area contributed by atoms with Gasteiger partial charge < -0.3 is 15.1 Å². The summed E-state index contributed by atoms with van der Waals surface area (Å²) in [5.41, 5.74) is 0. The SMILES string of the molecule is CCCC(=O)N[C@H]1C[C@H]2C(=O)NC[C@@H](Cc3nnc(C4CC4)o3)N2C1. The molecule has 1 saturated carbocycles. The first-order valence-corrected chi connectivity index (χ1v) is 9.29. The Balaban J connectivity index is 1.40. The van der Waals surface area contributed by atoms with E-state index in [4.69, 9.17) is 4.42 Å². The van der Waals surface area contributed by atoms with E-state index < -0.39 is 0 Å². The van der Waals surface area contributed by atoms with Crippen molar-refractivity contribution in [3.63, 3.8) is 0 Å². The maximum atomic E-state index is 12.2. The molecule has 3 aliphatic rings. The number of carbonyl (C=O) groups excluding carboxylic acids is 2. The zero-order chi connectivity index (χ0) is 17.4. The maximum Gasteiger partial charge on any atom is 0.237 e. The number of carbonyl (C=O) groups is 2. The van der Waals surface area contributed by atoms with Crippen LogP contribution in [0.25, 0.3) is 0 Å². The average Bonchev–Trinajstić information content (AvgIpc) is 3.17. The van der Waals surface area contributed by atoms with Crippen molar-refractivity contribution in [1.29, 1.82) is 0 Å². The zero-order valence-electron chi connectivity index (χ0n) is 14.5. The predicted molar refractivity (Wildman–Crippen MR) is 88.7 cm³/mol. The van der Waals surface area contributed by atoms with Gasteiger partial charge in [0, 0.05) is 43.9 Å². The van der Waals surface area contributed by atoms with Gasteiger partial charge in [0.2, 0.25) is 23.6 Å². The molecule has 0 unspecified atom stereocenters. The molecule has 3 fully saturated rings. The van der Waals surface area contributed by atoms with E-state index in [1.807, 2.05) is 6.92 Å². The summed E-state index contributed by atoms with van der Waals surface area (Å²) in [5, 5.41) is 14.3. The van der Waals surface area contributed by atoms with E-state index in [1.54, 1.807) is 0 Å². The Bertz CT molecular complexity index is 656. The quantitative estimate of drug-likeness (QED) is 0.770. The monoisotopic (exact) mass is 347 g/mol. The molecule has 1 aromatic heterocycles. The van der Waals surface area contributed by atoms with Gasteiger partial charge in [-0.1, -0.05) is 6.92 Å². The van der Waals surface area contributed by atoms with Crippen LogP contribution in [0.15, 0.2) is 4.42 Å². The van der Waals surface area contributed by atoms with Crippen molar-refractivity contribution in [2.24, 2.45) is 0 Å². The lowest BCUT2D eigenvalue weighted by atomic mass is 10.1. The minimum atomic E-state index is -0.184. The number of hydrogen-bond donors (Lipinski definition) is 2. The Kier molecular flexibility index (Phi) is 4.45. The second-order valence-electron chi connectivity index (χ2n) is 7.37. The Hall–Kier alpha value is -1.96. The third kappa shape index (κ3) is 3.53. The molecule has 0 spiro atoms. The van der Waals surface area contributed by atoms with Crippen LogP contribution in [0.5, 0.6) is 0 Å². The Morgan fingerprint density at radius 3 is 3.00 bits per heavy atom. The van der Waals surface area contributed by atoms with Crippen LogP contribution < -0.4 is 10.6 Å². The smallest absolute Gasteiger partial charge is 0.237 e. The summed E-state index contributed by atoms with van der Waals surface area (Å²) in [5.74, 6) is 1.95. The molecule has 3 heterocycles. The van der Waals surface area contributed by atoms with Gasteiger partial charge in [-0.3, -0.25) is 14.5 Å². The standard InChI is InChI=1S/C17H25N5O3/c1-2-3-14(23)19-11-6-13-16(24)18-8-12(22(13)9-11)7-15-20-21-17(25-15)10-4-5-10/h10-13H,2-9H2,1H3,(H,18,24)(H,19,23)/t11-,12+,13-/m0/s1. The van der Waals surface area contributed by atoms with Gasteiger partial charge in [0.15, 0.2) is 0 Å². The molecule has 1 aliphatic carbocycles. The van der Waals surface area contributed by atoms with Crippen LogP contribution in [0.1, 0.15) is 56.7 Å². The molecule has 8 nitrogen and oxygen atoms in total. The van der Waals surface area contributed by atoms with Crippen molar-refractivity contribution in [3.05, 3.63) is 11.8 Å². The van der Waals surface area contributed by atoms with Gasteiger partial charge in [0.05, 0.1) is 6.04 Å². The number of nitrogens with one attached hydrogen (secondary N) is 2. The lowest BCUT2D eigenvalue weighted by molar-refractivity contribution is -0.129. The second-order valence-corrected chi connectivity index (χ2v) is 7.37. The van der Waals surface area contributed by atoms with Crippen LogP contribution in [-0.4, -0.2) is 58.1 Å². The van der Waals surface area contributed by atoms with E-state index in [0.29, 0.717) is 44.2 Å². The van der Waals surface area contributed by atoms with Crippen molar-refractivity contribution in [2.45, 2.75) is 69.5 Å². The van der Waals surface area contributed by atoms with Crippen molar-refractivity contribution in [2.75, 3.05) is 13.1 Å². The molecule has 8 heteroatoms. The fourth-order valence-electron chi connectivity index (χ4n) is 3.84. The molecule has 25 heavy (non-hydrogen) atoms. The highest BCUT2D eigenvalue weighted by Crippen LogP contribution is 2.39. The largest absolute Gasteiger partial charge is 0.425 e. The number of nitrogens with zero attached hydrogens (tertiary/aromatic N) is 3. The summed E-state index contributed by atoms with van der Waals surface area (Å²) in [6.45, 7) is 3.26. The lowest BCUT2D eigenvalue weighted by Gasteiger charge is -2.36. The summed E-state index contributed by atoms with van der Waals surface area (Å²) in [7, 11) is 0. The van der Waals surface area contributed by atoms with Crippen molar-refractivity contribution < 1.29 is 14.0 Å². The van der Waals surface area contributed by atoms with E-state index in [0.717, 1.165) is 25.2 Å². The maximum absolute atomic E-state index is 12.2. The minimum Gasteiger partial charge on any atom is -0.425 e. The number of fused-ring (bicyclic) bond motifs is 1. The Morgan fingerprint density at radius 1 is 1.40 bits per heavy atom. The second kappa shape index (κ2) is 6.74. The molecule has 1 aromatic rings. The summed E-state index contributed by atoms with van der Waals surface area (Å²) < 4.78 is 5.78. The van der Waals surface area contributed by atoms with Gasteiger partial charge in [-0.15, -0.1) is 10.2 Å². The summed E-state index contributed by atoms with van der Waals surface area (Å²) in [6, 6.07) is -0.0279. The topological polar surface area (TPSA) is 100 Å². The molecule has 2 amide bonds.